The number of alkyl halides is 3. The molecule has 4 heterocycles. The number of nitrogens with one attached hydrogen (secondary N) is 2. The van der Waals surface area contributed by atoms with Crippen molar-refractivity contribution in [3.05, 3.63) is 30.0 Å². The molecule has 15 heteroatoms. The Hall–Kier alpha value is -3.72. The molecule has 4 N–H and O–H groups in total. The summed E-state index contributed by atoms with van der Waals surface area (Å²) in [5, 5.41) is 30.3. The number of aliphatic hydroxyl groups is 2. The maximum Gasteiger partial charge on any atom is 0.408 e. The van der Waals surface area contributed by atoms with Gasteiger partial charge < -0.3 is 25.2 Å². The molecule has 3 atom stereocenters. The number of hydrogen-bond acceptors (Lipinski definition) is 9. The number of carbonyl (C=O) groups is 2. The van der Waals surface area contributed by atoms with Crippen LogP contribution in [0.5, 0.6) is 5.88 Å². The largest absolute Gasteiger partial charge is 0.474 e. The van der Waals surface area contributed by atoms with Crippen molar-refractivity contribution in [1.29, 1.82) is 0 Å². The highest BCUT2D eigenvalue weighted by Crippen LogP contribution is 2.39. The van der Waals surface area contributed by atoms with Gasteiger partial charge in [0.1, 0.15) is 24.4 Å². The maximum absolute atomic E-state index is 13.2. The normalized spacial score (nSPS) is 18.3. The quantitative estimate of drug-likeness (QED) is 0.425. The number of aliphatic hydroxyl groups excluding tert-OH is 2. The lowest BCUT2D eigenvalue weighted by Gasteiger charge is -2.35. The third-order valence-corrected chi connectivity index (χ3v) is 5.75. The molecule has 0 spiro atoms. The molecule has 1 fully saturated rings. The number of pyridine rings is 1. The van der Waals surface area contributed by atoms with Gasteiger partial charge in [-0.15, -0.1) is 10.2 Å². The smallest absolute Gasteiger partial charge is 0.408 e. The summed E-state index contributed by atoms with van der Waals surface area (Å²) in [7, 11) is 0. The molecule has 12 nitrogen and oxygen atoms in total. The molecule has 1 saturated heterocycles. The van der Waals surface area contributed by atoms with E-state index in [9.17, 15) is 27.9 Å². The second-order valence-electron chi connectivity index (χ2n) is 8.37. The zero-order valence-electron chi connectivity index (χ0n) is 19.1. The van der Waals surface area contributed by atoms with Gasteiger partial charge in [0.25, 0.3) is 5.91 Å². The highest BCUT2D eigenvalue weighted by molar-refractivity contribution is 6.05. The van der Waals surface area contributed by atoms with Gasteiger partial charge in [0, 0.05) is 19.2 Å². The van der Waals surface area contributed by atoms with E-state index >= 15 is 0 Å². The maximum atomic E-state index is 13.2. The first-order valence-corrected chi connectivity index (χ1v) is 11.1. The number of ether oxygens (including phenoxy) is 1. The first kappa shape index (κ1) is 25.4. The van der Waals surface area contributed by atoms with Crippen LogP contribution in [-0.4, -0.2) is 88.0 Å². The van der Waals surface area contributed by atoms with Crippen molar-refractivity contribution in [2.24, 2.45) is 0 Å². The first-order valence-electron chi connectivity index (χ1n) is 11.1. The summed E-state index contributed by atoms with van der Waals surface area (Å²) >= 11 is 0. The van der Waals surface area contributed by atoms with Gasteiger partial charge in [-0.3, -0.25) is 15.0 Å². The predicted molar refractivity (Wildman–Crippen MR) is 120 cm³/mol. The highest BCUT2D eigenvalue weighted by Gasteiger charge is 2.41. The lowest BCUT2D eigenvalue weighted by Crippen LogP contribution is -2.49. The first-order chi connectivity index (χ1) is 17.1. The number of rotatable bonds is 7. The Bertz CT molecular complexity index is 1120. The minimum atomic E-state index is -4.61. The summed E-state index contributed by atoms with van der Waals surface area (Å²) in [6.45, 7) is 1.34. The molecule has 0 saturated carbocycles. The van der Waals surface area contributed by atoms with Crippen molar-refractivity contribution < 1.29 is 37.7 Å². The van der Waals surface area contributed by atoms with E-state index in [1.807, 2.05) is 10.2 Å². The van der Waals surface area contributed by atoms with Gasteiger partial charge in [-0.1, -0.05) is 0 Å². The van der Waals surface area contributed by atoms with E-state index < -0.39 is 36.9 Å². The third kappa shape index (κ3) is 5.41. The Morgan fingerprint density at radius 2 is 2.03 bits per heavy atom. The fraction of sp³-hybridized carbons (Fsp3) is 0.476. The molecular weight excluding hydrogens is 487 g/mol. The summed E-state index contributed by atoms with van der Waals surface area (Å²) in [4.78, 5) is 33.2. The minimum absolute atomic E-state index is 0.0701. The summed E-state index contributed by atoms with van der Waals surface area (Å²) in [5.74, 6) is -0.700. The van der Waals surface area contributed by atoms with E-state index in [0.29, 0.717) is 25.2 Å². The molecular formula is C21H24F3N7O5. The van der Waals surface area contributed by atoms with Crippen LogP contribution in [0.3, 0.4) is 0 Å². The Labute approximate surface area is 203 Å². The Balaban J connectivity index is 1.51. The van der Waals surface area contributed by atoms with E-state index in [2.05, 4.69) is 20.5 Å². The van der Waals surface area contributed by atoms with Crippen LogP contribution in [0.4, 0.5) is 35.3 Å². The van der Waals surface area contributed by atoms with Crippen LogP contribution in [0.2, 0.25) is 0 Å². The van der Waals surface area contributed by atoms with Crippen LogP contribution in [0.15, 0.2) is 24.3 Å². The molecule has 0 aromatic carbocycles. The number of urea groups is 1. The molecule has 4 rings (SSSR count). The van der Waals surface area contributed by atoms with E-state index in [1.54, 1.807) is 6.07 Å². The number of anilines is 3. The van der Waals surface area contributed by atoms with Crippen molar-refractivity contribution in [2.45, 2.75) is 37.7 Å². The zero-order chi connectivity index (χ0) is 26.0. The lowest BCUT2D eigenvalue weighted by molar-refractivity contribution is -0.149. The third-order valence-electron chi connectivity index (χ3n) is 5.75. The lowest BCUT2D eigenvalue weighted by atomic mass is 10.1. The second-order valence-corrected chi connectivity index (χ2v) is 8.37. The summed E-state index contributed by atoms with van der Waals surface area (Å²) in [6, 6.07) is 2.78. The molecule has 194 valence electrons. The standard InChI is InChI=1S/C21H24F3N7O5/c1-11(21(22,23)24)25-19(34)14-2-3-15-18(26-14)31(12-6-7-30(15)8-12)20(35)27-16-4-5-17(29-28-16)36-10-13(33)9-32/h2-5,11-13,32-33H,6-10H2,1H3,(H,25,34)(H,27,28,35)/t11?,12-,13?/m0/s1. The summed E-state index contributed by atoms with van der Waals surface area (Å²) in [6.07, 6.45) is -5.06. The van der Waals surface area contributed by atoms with Crippen LogP contribution in [0.1, 0.15) is 23.8 Å². The predicted octanol–water partition coefficient (Wildman–Crippen LogP) is 0.915. The van der Waals surface area contributed by atoms with E-state index in [4.69, 9.17) is 9.84 Å². The van der Waals surface area contributed by atoms with Gasteiger partial charge in [0.15, 0.2) is 11.6 Å². The van der Waals surface area contributed by atoms with Crippen LogP contribution in [-0.2, 0) is 0 Å². The molecule has 2 aromatic heterocycles. The van der Waals surface area contributed by atoms with Crippen molar-refractivity contribution >= 4 is 29.3 Å². The van der Waals surface area contributed by atoms with E-state index in [0.717, 1.165) is 6.92 Å². The molecule has 0 aliphatic carbocycles. The number of hydrogen-bond donors (Lipinski definition) is 4. The summed E-state index contributed by atoms with van der Waals surface area (Å²) < 4.78 is 43.8. The van der Waals surface area contributed by atoms with Gasteiger partial charge in [-0.2, -0.15) is 13.2 Å². The number of aromatic nitrogens is 3. The van der Waals surface area contributed by atoms with Crippen molar-refractivity contribution in [2.75, 3.05) is 41.4 Å². The summed E-state index contributed by atoms with van der Waals surface area (Å²) in [5.41, 5.74) is 0.327. The second kappa shape index (κ2) is 10.1. The van der Waals surface area contributed by atoms with Crippen LogP contribution >= 0.6 is 0 Å². The Morgan fingerprint density at radius 3 is 2.69 bits per heavy atom. The Kier molecular flexibility index (Phi) is 7.12. The molecule has 0 radical (unpaired) electrons. The highest BCUT2D eigenvalue weighted by atomic mass is 19.4. The van der Waals surface area contributed by atoms with E-state index in [-0.39, 0.29) is 35.9 Å². The van der Waals surface area contributed by atoms with Crippen molar-refractivity contribution in [1.82, 2.24) is 20.5 Å². The molecule has 2 unspecified atom stereocenters. The molecule has 3 amide bonds. The van der Waals surface area contributed by atoms with Crippen LogP contribution < -0.4 is 25.2 Å². The Morgan fingerprint density at radius 1 is 1.25 bits per heavy atom. The molecule has 2 aliphatic heterocycles. The number of nitrogens with zero attached hydrogens (tertiary/aromatic N) is 5. The number of amides is 3. The fourth-order valence-corrected chi connectivity index (χ4v) is 3.82. The number of fused-ring (bicyclic) bond motifs is 4. The molecule has 2 aliphatic rings. The monoisotopic (exact) mass is 511 g/mol. The topological polar surface area (TPSA) is 153 Å². The van der Waals surface area contributed by atoms with Crippen LogP contribution in [0, 0.1) is 0 Å². The van der Waals surface area contributed by atoms with Gasteiger partial charge in [0.05, 0.1) is 18.3 Å². The van der Waals surface area contributed by atoms with Gasteiger partial charge in [-0.25, -0.2) is 9.78 Å². The fourth-order valence-electron chi connectivity index (χ4n) is 3.82. The zero-order valence-corrected chi connectivity index (χ0v) is 19.1. The molecule has 2 bridgehead atoms. The number of halogens is 3. The SMILES string of the molecule is CC(NC(=O)c1ccc2c(n1)N(C(=O)Nc1ccc(OCC(O)CO)nn1)[C@H]1CCN2C1)C(F)(F)F. The van der Waals surface area contributed by atoms with Gasteiger partial charge in [0.2, 0.25) is 5.88 Å². The van der Waals surface area contributed by atoms with Gasteiger partial charge in [-0.05, 0) is 31.5 Å². The van der Waals surface area contributed by atoms with Crippen LogP contribution in [0.25, 0.3) is 0 Å². The van der Waals surface area contributed by atoms with Crippen molar-refractivity contribution in [3.63, 3.8) is 0 Å². The average molecular weight is 511 g/mol. The minimum Gasteiger partial charge on any atom is -0.474 e. The van der Waals surface area contributed by atoms with E-state index in [1.165, 1.54) is 23.1 Å². The van der Waals surface area contributed by atoms with Gasteiger partial charge >= 0.3 is 12.2 Å². The molecule has 36 heavy (non-hydrogen) atoms. The molecule has 2 aromatic rings. The average Bonchev–Trinajstić information content (AvgIpc) is 3.26. The number of carbonyl (C=O) groups excluding carboxylic acids is 2. The van der Waals surface area contributed by atoms with Crippen molar-refractivity contribution in [3.8, 4) is 5.88 Å².